The van der Waals surface area contributed by atoms with Gasteiger partial charge in [-0.25, -0.2) is 0 Å². The van der Waals surface area contributed by atoms with Crippen LogP contribution in [0.15, 0.2) is 36.4 Å². The van der Waals surface area contributed by atoms with Crippen LogP contribution >= 0.6 is 23.2 Å². The maximum atomic E-state index is 6.49. The van der Waals surface area contributed by atoms with Crippen LogP contribution in [0.5, 0.6) is 5.75 Å². The third-order valence-corrected chi connectivity index (χ3v) is 5.01. The minimum atomic E-state index is 0.0806. The van der Waals surface area contributed by atoms with Gasteiger partial charge in [0.25, 0.3) is 0 Å². The van der Waals surface area contributed by atoms with E-state index in [4.69, 9.17) is 39.4 Å². The van der Waals surface area contributed by atoms with Crippen LogP contribution in [-0.4, -0.2) is 34.5 Å². The summed E-state index contributed by atoms with van der Waals surface area (Å²) in [6.45, 7) is 2.74. The predicted octanol–water partition coefficient (Wildman–Crippen LogP) is 3.00. The monoisotopic (exact) mass is 404 g/mol. The summed E-state index contributed by atoms with van der Waals surface area (Å²) < 4.78 is 7.20. The Labute approximate surface area is 166 Å². The average molecular weight is 405 g/mol. The lowest BCUT2D eigenvalue weighted by atomic mass is 10.0. The van der Waals surface area contributed by atoms with Gasteiger partial charge < -0.3 is 21.5 Å². The van der Waals surface area contributed by atoms with Gasteiger partial charge in [0.2, 0.25) is 11.9 Å². The number of nitrogens with zero attached hydrogens (tertiary/aromatic N) is 3. The molecular weight excluding hydrogens is 387 g/mol. The van der Waals surface area contributed by atoms with Crippen molar-refractivity contribution in [2.75, 3.05) is 31.2 Å². The number of rotatable bonds is 5. The molecule has 3 aromatic rings. The number of aromatic nitrogens is 3. The fourth-order valence-corrected chi connectivity index (χ4v) is 3.58. The Morgan fingerprint density at radius 2 is 1.78 bits per heavy atom. The smallest absolute Gasteiger partial charge is 0.241 e. The lowest BCUT2D eigenvalue weighted by Crippen LogP contribution is -2.45. The summed E-state index contributed by atoms with van der Waals surface area (Å²) >= 11 is 13.0. The summed E-state index contributed by atoms with van der Waals surface area (Å²) in [7, 11) is 0. The molecule has 0 spiro atoms. The van der Waals surface area contributed by atoms with E-state index in [2.05, 4.69) is 15.4 Å². The summed E-state index contributed by atoms with van der Waals surface area (Å²) in [5.74, 6) is 1.65. The second kappa shape index (κ2) is 7.26. The molecule has 2 heterocycles. The van der Waals surface area contributed by atoms with Crippen LogP contribution in [0, 0.1) is 5.92 Å². The van der Waals surface area contributed by atoms with Gasteiger partial charge in [-0.15, -0.1) is 5.10 Å². The Morgan fingerprint density at radius 1 is 1.11 bits per heavy atom. The third-order valence-electron chi connectivity index (χ3n) is 4.41. The van der Waals surface area contributed by atoms with Gasteiger partial charge in [-0.1, -0.05) is 35.3 Å². The third kappa shape index (κ3) is 3.66. The average Bonchev–Trinajstić information content (AvgIpc) is 2.92. The molecule has 0 saturated carbocycles. The molecule has 0 radical (unpaired) electrons. The van der Waals surface area contributed by atoms with Gasteiger partial charge in [0.15, 0.2) is 0 Å². The Kier molecular flexibility index (Phi) is 4.82. The number of anilines is 2. The van der Waals surface area contributed by atoms with Crippen molar-refractivity contribution in [3.05, 3.63) is 46.4 Å². The van der Waals surface area contributed by atoms with Crippen molar-refractivity contribution >= 4 is 35.1 Å². The van der Waals surface area contributed by atoms with Crippen molar-refractivity contribution in [1.29, 1.82) is 0 Å². The van der Waals surface area contributed by atoms with E-state index in [0.717, 1.165) is 30.0 Å². The summed E-state index contributed by atoms with van der Waals surface area (Å²) in [6.07, 6.45) is 0. The van der Waals surface area contributed by atoms with Gasteiger partial charge in [0.1, 0.15) is 5.75 Å². The maximum Gasteiger partial charge on any atom is 0.241 e. The lowest BCUT2D eigenvalue weighted by molar-refractivity contribution is 0.199. The Morgan fingerprint density at radius 3 is 2.30 bits per heavy atom. The first-order chi connectivity index (χ1) is 13.0. The fourth-order valence-electron chi connectivity index (χ4n) is 2.89. The van der Waals surface area contributed by atoms with E-state index in [-0.39, 0.29) is 11.9 Å². The molecule has 1 aliphatic rings. The van der Waals surface area contributed by atoms with Crippen molar-refractivity contribution in [2.24, 2.45) is 5.92 Å². The molecule has 7 nitrogen and oxygen atoms in total. The Bertz CT molecular complexity index is 945. The predicted molar refractivity (Wildman–Crippen MR) is 107 cm³/mol. The molecule has 27 heavy (non-hydrogen) atoms. The molecule has 1 aromatic heterocycles. The largest absolute Gasteiger partial charge is 0.493 e. The molecule has 4 rings (SSSR count). The number of hydrogen-bond donors (Lipinski definition) is 3. The van der Waals surface area contributed by atoms with Crippen molar-refractivity contribution in [3.63, 3.8) is 0 Å². The molecule has 2 aromatic carbocycles. The number of nitrogen functional groups attached to an aromatic ring is 2. The first kappa shape index (κ1) is 17.9. The van der Waals surface area contributed by atoms with Crippen molar-refractivity contribution in [2.45, 2.75) is 0 Å². The summed E-state index contributed by atoms with van der Waals surface area (Å²) in [4.78, 5) is 3.88. The van der Waals surface area contributed by atoms with Crippen LogP contribution in [-0.2, 0) is 0 Å². The second-order valence-corrected chi connectivity index (χ2v) is 7.20. The Hall–Kier alpha value is -2.48. The molecular formula is C18H18Cl2N6O. The van der Waals surface area contributed by atoms with Crippen LogP contribution in [0.25, 0.3) is 16.8 Å². The summed E-state index contributed by atoms with van der Waals surface area (Å²) in [5, 5.41) is 8.22. The topological polar surface area (TPSA) is 104 Å². The molecule has 0 unspecified atom stereocenters. The van der Waals surface area contributed by atoms with Gasteiger partial charge in [-0.05, 0) is 29.8 Å². The molecule has 9 heteroatoms. The summed E-state index contributed by atoms with van der Waals surface area (Å²) in [6, 6.07) is 11.1. The van der Waals surface area contributed by atoms with Crippen LogP contribution in [0.4, 0.5) is 11.9 Å². The highest BCUT2D eigenvalue weighted by atomic mass is 35.5. The van der Waals surface area contributed by atoms with Crippen molar-refractivity contribution in [3.8, 4) is 22.6 Å². The highest BCUT2D eigenvalue weighted by molar-refractivity contribution is 6.39. The zero-order valence-electron chi connectivity index (χ0n) is 14.3. The number of hydrogen-bond acceptors (Lipinski definition) is 6. The standard InChI is InChI=1S/C18H18Cl2N6O/c19-14-5-12(26-18(22)24-17(21)25-26)6-15(20)16(14)11-1-3-13(4-2-11)27-9-10-7-23-8-10/h1-6,10,23H,7-9H2,(H4,21,22,24,25). The quantitative estimate of drug-likeness (QED) is 0.603. The minimum Gasteiger partial charge on any atom is -0.493 e. The highest BCUT2D eigenvalue weighted by Crippen LogP contribution is 2.37. The number of nitrogens with two attached hydrogens (primary N) is 2. The Balaban J connectivity index is 1.58. The van der Waals surface area contributed by atoms with Crippen LogP contribution in [0.3, 0.4) is 0 Å². The van der Waals surface area contributed by atoms with Gasteiger partial charge in [0, 0.05) is 24.6 Å². The zero-order chi connectivity index (χ0) is 19.0. The van der Waals surface area contributed by atoms with E-state index in [1.54, 1.807) is 12.1 Å². The molecule has 0 bridgehead atoms. The highest BCUT2D eigenvalue weighted by Gasteiger charge is 2.17. The van der Waals surface area contributed by atoms with Crippen LogP contribution in [0.2, 0.25) is 10.0 Å². The molecule has 1 fully saturated rings. The minimum absolute atomic E-state index is 0.0806. The van der Waals surface area contributed by atoms with Crippen LogP contribution in [0.1, 0.15) is 0 Å². The van der Waals surface area contributed by atoms with E-state index >= 15 is 0 Å². The van der Waals surface area contributed by atoms with Gasteiger partial charge in [-0.2, -0.15) is 9.67 Å². The number of halogens is 2. The van der Waals surface area contributed by atoms with E-state index < -0.39 is 0 Å². The fraction of sp³-hybridized carbons (Fsp3) is 0.222. The zero-order valence-corrected chi connectivity index (χ0v) is 15.8. The summed E-state index contributed by atoms with van der Waals surface area (Å²) in [5.41, 5.74) is 13.6. The van der Waals surface area contributed by atoms with Crippen molar-refractivity contribution < 1.29 is 4.74 Å². The SMILES string of the molecule is Nc1nc(N)n(-c2cc(Cl)c(-c3ccc(OCC4CNC4)cc3)c(Cl)c2)n1. The normalized spacial score (nSPS) is 14.1. The molecule has 5 N–H and O–H groups in total. The maximum absolute atomic E-state index is 6.49. The first-order valence-electron chi connectivity index (χ1n) is 8.42. The van der Waals surface area contributed by atoms with E-state index in [9.17, 15) is 0 Å². The van der Waals surface area contributed by atoms with E-state index in [0.29, 0.717) is 28.3 Å². The van der Waals surface area contributed by atoms with Crippen molar-refractivity contribution in [1.82, 2.24) is 20.1 Å². The van der Waals surface area contributed by atoms with Gasteiger partial charge >= 0.3 is 0 Å². The van der Waals surface area contributed by atoms with E-state index in [1.165, 1.54) is 4.68 Å². The van der Waals surface area contributed by atoms with Gasteiger partial charge in [-0.3, -0.25) is 0 Å². The number of nitrogens with one attached hydrogen (secondary N) is 1. The molecule has 1 aliphatic heterocycles. The van der Waals surface area contributed by atoms with E-state index in [1.807, 2.05) is 24.3 Å². The molecule has 0 amide bonds. The number of ether oxygens (including phenoxy) is 1. The molecule has 1 saturated heterocycles. The molecule has 0 atom stereocenters. The van der Waals surface area contributed by atoms with Crippen LogP contribution < -0.4 is 21.5 Å². The number of benzene rings is 2. The molecule has 140 valence electrons. The van der Waals surface area contributed by atoms with Gasteiger partial charge in [0.05, 0.1) is 22.3 Å². The second-order valence-electron chi connectivity index (χ2n) is 6.38. The molecule has 0 aliphatic carbocycles. The lowest BCUT2D eigenvalue weighted by Gasteiger charge is -2.26. The first-order valence-corrected chi connectivity index (χ1v) is 9.18.